The van der Waals surface area contributed by atoms with Crippen LogP contribution < -0.4 is 10.6 Å². The minimum Gasteiger partial charge on any atom is -0.398 e. The molecule has 0 aliphatic carbocycles. The van der Waals surface area contributed by atoms with E-state index in [1.807, 2.05) is 6.92 Å². The Morgan fingerprint density at radius 1 is 1.11 bits per heavy atom. The summed E-state index contributed by atoms with van der Waals surface area (Å²) in [7, 11) is 0. The molecule has 0 spiro atoms. The van der Waals surface area contributed by atoms with Gasteiger partial charge in [-0.25, -0.2) is 4.39 Å². The second kappa shape index (κ2) is 7.24. The van der Waals surface area contributed by atoms with Crippen molar-refractivity contribution in [3.05, 3.63) is 23.5 Å². The van der Waals surface area contributed by atoms with Crippen molar-refractivity contribution in [2.75, 3.05) is 23.7 Å². The van der Waals surface area contributed by atoms with Gasteiger partial charge in [-0.2, -0.15) is 0 Å². The lowest BCUT2D eigenvalue weighted by Gasteiger charge is -2.25. The normalized spacial score (nSPS) is 10.7. The summed E-state index contributed by atoms with van der Waals surface area (Å²) in [5.41, 5.74) is 8.02. The third-order valence-electron chi connectivity index (χ3n) is 3.24. The van der Waals surface area contributed by atoms with Gasteiger partial charge in [0.1, 0.15) is 5.82 Å². The summed E-state index contributed by atoms with van der Waals surface area (Å²) in [5, 5.41) is 0. The zero-order valence-corrected chi connectivity index (χ0v) is 11.8. The largest absolute Gasteiger partial charge is 0.398 e. The van der Waals surface area contributed by atoms with Crippen LogP contribution in [-0.4, -0.2) is 13.1 Å². The molecule has 2 nitrogen and oxygen atoms in total. The van der Waals surface area contributed by atoms with Gasteiger partial charge < -0.3 is 10.6 Å². The molecule has 0 saturated heterocycles. The zero-order valence-electron chi connectivity index (χ0n) is 11.8. The first kappa shape index (κ1) is 14.8. The van der Waals surface area contributed by atoms with Crippen LogP contribution in [0.25, 0.3) is 0 Å². The molecule has 0 unspecified atom stereocenters. The van der Waals surface area contributed by atoms with Gasteiger partial charge in [-0.15, -0.1) is 0 Å². The third-order valence-corrected chi connectivity index (χ3v) is 3.24. The summed E-state index contributed by atoms with van der Waals surface area (Å²) in [5.74, 6) is -0.158. The summed E-state index contributed by atoms with van der Waals surface area (Å²) in [6, 6.07) is 3.31. The van der Waals surface area contributed by atoms with Gasteiger partial charge in [0.15, 0.2) is 0 Å². The summed E-state index contributed by atoms with van der Waals surface area (Å²) >= 11 is 0. The van der Waals surface area contributed by atoms with Gasteiger partial charge in [-0.05, 0) is 37.5 Å². The predicted molar refractivity (Wildman–Crippen MR) is 77.6 cm³/mol. The molecule has 18 heavy (non-hydrogen) atoms. The number of benzene rings is 1. The topological polar surface area (TPSA) is 29.3 Å². The first-order chi connectivity index (χ1) is 8.60. The molecule has 3 heteroatoms. The van der Waals surface area contributed by atoms with E-state index in [1.54, 1.807) is 6.07 Å². The van der Waals surface area contributed by atoms with Crippen molar-refractivity contribution in [2.45, 2.75) is 46.5 Å². The maximum Gasteiger partial charge on any atom is 0.146 e. The van der Waals surface area contributed by atoms with E-state index in [1.165, 1.54) is 6.07 Å². The summed E-state index contributed by atoms with van der Waals surface area (Å²) in [6.45, 7) is 7.94. The number of nitrogen functional groups attached to an aromatic ring is 1. The fourth-order valence-electron chi connectivity index (χ4n) is 1.97. The summed E-state index contributed by atoms with van der Waals surface area (Å²) < 4.78 is 14.0. The van der Waals surface area contributed by atoms with Crippen LogP contribution in [0.2, 0.25) is 0 Å². The number of halogens is 1. The van der Waals surface area contributed by atoms with Crippen LogP contribution in [0.1, 0.15) is 45.1 Å². The lowest BCUT2D eigenvalue weighted by Crippen LogP contribution is -2.26. The standard InChI is InChI=1S/C15H25FN2/c1-4-6-8-18(9-7-5-2)15-11-14(17)12(3)10-13(15)16/h10-11H,4-9,17H2,1-3H3. The smallest absolute Gasteiger partial charge is 0.146 e. The minimum atomic E-state index is -0.158. The molecule has 102 valence electrons. The van der Waals surface area contributed by atoms with E-state index in [0.29, 0.717) is 11.4 Å². The highest BCUT2D eigenvalue weighted by molar-refractivity contribution is 5.60. The number of aryl methyl sites for hydroxylation is 1. The molecule has 2 N–H and O–H groups in total. The highest BCUT2D eigenvalue weighted by Crippen LogP contribution is 2.26. The van der Waals surface area contributed by atoms with E-state index in [-0.39, 0.29) is 5.82 Å². The quantitative estimate of drug-likeness (QED) is 0.739. The van der Waals surface area contributed by atoms with Crippen LogP contribution in [0.3, 0.4) is 0 Å². The van der Waals surface area contributed by atoms with Crippen LogP contribution in [0, 0.1) is 12.7 Å². The van der Waals surface area contributed by atoms with E-state index in [0.717, 1.165) is 44.3 Å². The van der Waals surface area contributed by atoms with Crippen LogP contribution in [0.15, 0.2) is 12.1 Å². The van der Waals surface area contributed by atoms with E-state index < -0.39 is 0 Å². The number of hydrogen-bond donors (Lipinski definition) is 1. The van der Waals surface area contributed by atoms with E-state index >= 15 is 0 Å². The zero-order chi connectivity index (χ0) is 13.5. The number of anilines is 2. The summed E-state index contributed by atoms with van der Waals surface area (Å²) in [4.78, 5) is 2.12. The minimum absolute atomic E-state index is 0.158. The first-order valence-electron chi connectivity index (χ1n) is 6.90. The lowest BCUT2D eigenvalue weighted by atomic mass is 10.1. The summed E-state index contributed by atoms with van der Waals surface area (Å²) in [6.07, 6.45) is 4.39. The molecule has 0 bridgehead atoms. The highest BCUT2D eigenvalue weighted by atomic mass is 19.1. The average Bonchev–Trinajstić information content (AvgIpc) is 2.35. The van der Waals surface area contributed by atoms with Gasteiger partial charge in [-0.1, -0.05) is 26.7 Å². The van der Waals surface area contributed by atoms with Crippen molar-refractivity contribution < 1.29 is 4.39 Å². The van der Waals surface area contributed by atoms with Gasteiger partial charge in [0, 0.05) is 18.8 Å². The molecule has 0 atom stereocenters. The number of nitrogens with zero attached hydrogens (tertiary/aromatic N) is 1. The Morgan fingerprint density at radius 2 is 1.67 bits per heavy atom. The van der Waals surface area contributed by atoms with E-state index in [4.69, 9.17) is 5.73 Å². The van der Waals surface area contributed by atoms with Gasteiger partial charge >= 0.3 is 0 Å². The number of hydrogen-bond acceptors (Lipinski definition) is 2. The van der Waals surface area contributed by atoms with Gasteiger partial charge in [0.05, 0.1) is 5.69 Å². The number of rotatable bonds is 7. The fraction of sp³-hybridized carbons (Fsp3) is 0.600. The Labute approximate surface area is 110 Å². The maximum atomic E-state index is 14.0. The molecule has 0 aliphatic heterocycles. The third kappa shape index (κ3) is 3.90. The Kier molecular flexibility index (Phi) is 5.96. The average molecular weight is 252 g/mol. The SMILES string of the molecule is CCCCN(CCCC)c1cc(N)c(C)cc1F. The molecule has 1 aromatic carbocycles. The van der Waals surface area contributed by atoms with Crippen molar-refractivity contribution in [3.63, 3.8) is 0 Å². The maximum absolute atomic E-state index is 14.0. The first-order valence-corrected chi connectivity index (χ1v) is 6.90. The van der Waals surface area contributed by atoms with Crippen molar-refractivity contribution in [3.8, 4) is 0 Å². The fourth-order valence-corrected chi connectivity index (χ4v) is 1.97. The van der Waals surface area contributed by atoms with Gasteiger partial charge in [-0.3, -0.25) is 0 Å². The Hall–Kier alpha value is -1.25. The Bertz CT molecular complexity index is 369. The van der Waals surface area contributed by atoms with Crippen molar-refractivity contribution in [1.29, 1.82) is 0 Å². The van der Waals surface area contributed by atoms with Crippen LogP contribution in [0.5, 0.6) is 0 Å². The Morgan fingerprint density at radius 3 is 2.17 bits per heavy atom. The molecule has 0 saturated carbocycles. The van der Waals surface area contributed by atoms with Crippen LogP contribution in [0.4, 0.5) is 15.8 Å². The van der Waals surface area contributed by atoms with E-state index in [2.05, 4.69) is 18.7 Å². The second-order valence-electron chi connectivity index (χ2n) is 4.85. The molecule has 0 heterocycles. The van der Waals surface area contributed by atoms with Crippen molar-refractivity contribution in [1.82, 2.24) is 0 Å². The molecule has 0 aromatic heterocycles. The van der Waals surface area contributed by atoms with Gasteiger partial charge in [0.2, 0.25) is 0 Å². The van der Waals surface area contributed by atoms with Gasteiger partial charge in [0.25, 0.3) is 0 Å². The highest BCUT2D eigenvalue weighted by Gasteiger charge is 2.12. The molecule has 1 aromatic rings. The number of nitrogens with two attached hydrogens (primary N) is 1. The molecule has 0 aliphatic rings. The Balaban J connectivity index is 2.92. The predicted octanol–water partition coefficient (Wildman–Crippen LogP) is 4.12. The second-order valence-corrected chi connectivity index (χ2v) is 4.85. The van der Waals surface area contributed by atoms with E-state index in [9.17, 15) is 4.39 Å². The monoisotopic (exact) mass is 252 g/mol. The molecule has 0 fully saturated rings. The molecular weight excluding hydrogens is 227 g/mol. The number of unbranched alkanes of at least 4 members (excludes halogenated alkanes) is 2. The van der Waals surface area contributed by atoms with Crippen molar-refractivity contribution >= 4 is 11.4 Å². The van der Waals surface area contributed by atoms with Crippen molar-refractivity contribution in [2.24, 2.45) is 0 Å². The molecule has 0 amide bonds. The lowest BCUT2D eigenvalue weighted by molar-refractivity contribution is 0.604. The molecular formula is C15H25FN2. The van der Waals surface area contributed by atoms with Crippen LogP contribution in [-0.2, 0) is 0 Å². The molecule has 0 radical (unpaired) electrons. The molecule has 1 rings (SSSR count). The van der Waals surface area contributed by atoms with Crippen LogP contribution >= 0.6 is 0 Å².